The predicted molar refractivity (Wildman–Crippen MR) is 77.9 cm³/mol. The molecule has 4 heteroatoms. The predicted octanol–water partition coefficient (Wildman–Crippen LogP) is 4.04. The molecule has 1 aliphatic carbocycles. The van der Waals surface area contributed by atoms with Gasteiger partial charge in [-0.25, -0.2) is 0 Å². The lowest BCUT2D eigenvalue weighted by Gasteiger charge is -2.22. The molecule has 0 heterocycles. The van der Waals surface area contributed by atoms with Crippen LogP contribution in [0.1, 0.15) is 41.9 Å². The van der Waals surface area contributed by atoms with Crippen LogP contribution in [0.2, 0.25) is 0 Å². The molecular weight excluding hydrogens is 308 g/mol. The van der Waals surface area contributed by atoms with Gasteiger partial charge in [0, 0.05) is 11.5 Å². The summed E-state index contributed by atoms with van der Waals surface area (Å²) in [7, 11) is 1.65. The number of rotatable bonds is 5. The van der Waals surface area contributed by atoms with Gasteiger partial charge in [0.1, 0.15) is 5.75 Å². The number of methoxy groups -OCH3 is 1. The number of carboxylic acid groups (broad SMARTS) is 1. The van der Waals surface area contributed by atoms with Gasteiger partial charge < -0.3 is 9.84 Å². The fourth-order valence-electron chi connectivity index (χ4n) is 2.79. The van der Waals surface area contributed by atoms with Crippen molar-refractivity contribution >= 4 is 21.9 Å². The molecule has 1 saturated carbocycles. The number of carboxylic acids is 1. The van der Waals surface area contributed by atoms with Crippen LogP contribution in [0.5, 0.6) is 5.75 Å². The molecule has 0 bridgehead atoms. The molecule has 1 aromatic rings. The molecule has 0 aliphatic heterocycles. The van der Waals surface area contributed by atoms with Crippen molar-refractivity contribution in [1.82, 2.24) is 0 Å². The van der Waals surface area contributed by atoms with Gasteiger partial charge in [-0.2, -0.15) is 0 Å². The Bertz CT molecular complexity index is 507. The van der Waals surface area contributed by atoms with Crippen LogP contribution in [0.4, 0.5) is 0 Å². The van der Waals surface area contributed by atoms with E-state index in [1.54, 1.807) is 7.11 Å². The molecule has 0 saturated heterocycles. The van der Waals surface area contributed by atoms with Crippen LogP contribution in [-0.2, 0) is 4.79 Å². The zero-order valence-electron chi connectivity index (χ0n) is 11.5. The second-order valence-corrected chi connectivity index (χ2v) is 6.11. The van der Waals surface area contributed by atoms with Crippen molar-refractivity contribution in [2.45, 2.75) is 39.0 Å². The molecule has 0 spiro atoms. The summed E-state index contributed by atoms with van der Waals surface area (Å²) in [5.74, 6) is 0.605. The maximum Gasteiger partial charge on any atom is 0.303 e. The molecule has 0 radical (unpaired) electrons. The SMILES string of the molecule is COc1c(Br)c(C)cc(C)c1C(CC(=O)O)C1CC1. The summed E-state index contributed by atoms with van der Waals surface area (Å²) in [6.45, 7) is 4.06. The zero-order valence-corrected chi connectivity index (χ0v) is 13.1. The standard InChI is InChI=1S/C15H19BrO3/c1-8-6-9(2)14(16)15(19-3)13(8)11(7-12(17)18)10-4-5-10/h6,10-11H,4-5,7H2,1-3H3,(H,17,18). The van der Waals surface area contributed by atoms with Crippen molar-refractivity contribution in [3.05, 3.63) is 27.2 Å². The third kappa shape index (κ3) is 2.94. The fraction of sp³-hybridized carbons (Fsp3) is 0.533. The minimum Gasteiger partial charge on any atom is -0.495 e. The Morgan fingerprint density at radius 2 is 2.11 bits per heavy atom. The van der Waals surface area contributed by atoms with Crippen molar-refractivity contribution in [3.8, 4) is 5.75 Å². The van der Waals surface area contributed by atoms with Gasteiger partial charge in [-0.1, -0.05) is 6.07 Å². The van der Waals surface area contributed by atoms with E-state index in [2.05, 4.69) is 22.0 Å². The second-order valence-electron chi connectivity index (χ2n) is 5.31. The van der Waals surface area contributed by atoms with E-state index in [9.17, 15) is 4.79 Å². The molecule has 1 atom stereocenters. The molecule has 1 unspecified atom stereocenters. The first-order valence-electron chi connectivity index (χ1n) is 6.51. The number of hydrogen-bond donors (Lipinski definition) is 1. The highest BCUT2D eigenvalue weighted by Crippen LogP contribution is 2.50. The van der Waals surface area contributed by atoms with E-state index in [0.717, 1.165) is 39.8 Å². The first-order chi connectivity index (χ1) is 8.95. The normalized spacial score (nSPS) is 16.2. The summed E-state index contributed by atoms with van der Waals surface area (Å²) < 4.78 is 6.48. The average molecular weight is 327 g/mol. The van der Waals surface area contributed by atoms with Crippen LogP contribution in [0, 0.1) is 19.8 Å². The minimum absolute atomic E-state index is 0.0596. The second kappa shape index (κ2) is 5.53. The van der Waals surface area contributed by atoms with Crippen molar-refractivity contribution in [3.63, 3.8) is 0 Å². The Morgan fingerprint density at radius 1 is 1.47 bits per heavy atom. The Hall–Kier alpha value is -1.03. The highest BCUT2D eigenvalue weighted by molar-refractivity contribution is 9.10. The van der Waals surface area contributed by atoms with Gasteiger partial charge >= 0.3 is 5.97 Å². The number of benzene rings is 1. The lowest BCUT2D eigenvalue weighted by Crippen LogP contribution is -2.12. The number of carbonyl (C=O) groups is 1. The summed E-state index contributed by atoms with van der Waals surface area (Å²) in [6, 6.07) is 2.10. The van der Waals surface area contributed by atoms with Gasteiger partial charge in [0.05, 0.1) is 18.0 Å². The first-order valence-corrected chi connectivity index (χ1v) is 7.30. The van der Waals surface area contributed by atoms with E-state index in [1.165, 1.54) is 0 Å². The Balaban J connectivity index is 2.51. The van der Waals surface area contributed by atoms with E-state index in [-0.39, 0.29) is 12.3 Å². The highest BCUT2D eigenvalue weighted by atomic mass is 79.9. The van der Waals surface area contributed by atoms with Crippen LogP contribution < -0.4 is 4.74 Å². The number of aliphatic carboxylic acids is 1. The number of hydrogen-bond acceptors (Lipinski definition) is 2. The van der Waals surface area contributed by atoms with Crippen LogP contribution in [-0.4, -0.2) is 18.2 Å². The largest absolute Gasteiger partial charge is 0.495 e. The van der Waals surface area contributed by atoms with Crippen molar-refractivity contribution in [2.75, 3.05) is 7.11 Å². The zero-order chi connectivity index (χ0) is 14.2. The number of aryl methyl sites for hydroxylation is 2. The third-order valence-corrected chi connectivity index (χ3v) is 4.79. The summed E-state index contributed by atoms with van der Waals surface area (Å²) in [4.78, 5) is 11.1. The van der Waals surface area contributed by atoms with Gasteiger partial charge in [0.2, 0.25) is 0 Å². The molecule has 0 amide bonds. The van der Waals surface area contributed by atoms with Crippen LogP contribution >= 0.6 is 15.9 Å². The summed E-state index contributed by atoms with van der Waals surface area (Å²) in [5, 5.41) is 9.15. The monoisotopic (exact) mass is 326 g/mol. The number of halogens is 1. The van der Waals surface area contributed by atoms with E-state index in [0.29, 0.717) is 5.92 Å². The third-order valence-electron chi connectivity index (χ3n) is 3.81. The lowest BCUT2D eigenvalue weighted by molar-refractivity contribution is -0.137. The molecule has 3 nitrogen and oxygen atoms in total. The minimum atomic E-state index is -0.741. The van der Waals surface area contributed by atoms with Crippen LogP contribution in [0.25, 0.3) is 0 Å². The number of ether oxygens (including phenoxy) is 1. The molecule has 2 rings (SSSR count). The quantitative estimate of drug-likeness (QED) is 0.888. The topological polar surface area (TPSA) is 46.5 Å². The Morgan fingerprint density at radius 3 is 2.58 bits per heavy atom. The van der Waals surface area contributed by atoms with Gasteiger partial charge in [-0.15, -0.1) is 0 Å². The van der Waals surface area contributed by atoms with E-state index in [1.807, 2.05) is 13.8 Å². The molecule has 1 aliphatic rings. The van der Waals surface area contributed by atoms with Gasteiger partial charge in [0.25, 0.3) is 0 Å². The average Bonchev–Trinajstić information content (AvgIpc) is 3.14. The summed E-state index contributed by atoms with van der Waals surface area (Å²) in [6.07, 6.45) is 2.41. The van der Waals surface area contributed by atoms with E-state index < -0.39 is 5.97 Å². The van der Waals surface area contributed by atoms with E-state index >= 15 is 0 Å². The fourth-order valence-corrected chi connectivity index (χ4v) is 3.28. The first kappa shape index (κ1) is 14.4. The Labute approximate surface area is 122 Å². The van der Waals surface area contributed by atoms with Gasteiger partial charge in [-0.05, 0) is 59.7 Å². The molecule has 0 aromatic heterocycles. The maximum atomic E-state index is 11.1. The molecule has 1 aromatic carbocycles. The molecule has 19 heavy (non-hydrogen) atoms. The maximum absolute atomic E-state index is 11.1. The highest BCUT2D eigenvalue weighted by Gasteiger charge is 2.36. The van der Waals surface area contributed by atoms with Crippen molar-refractivity contribution < 1.29 is 14.6 Å². The van der Waals surface area contributed by atoms with Crippen molar-refractivity contribution in [2.24, 2.45) is 5.92 Å². The smallest absolute Gasteiger partial charge is 0.303 e. The van der Waals surface area contributed by atoms with Crippen molar-refractivity contribution in [1.29, 1.82) is 0 Å². The summed E-state index contributed by atoms with van der Waals surface area (Å²) in [5.41, 5.74) is 3.29. The van der Waals surface area contributed by atoms with Crippen LogP contribution in [0.3, 0.4) is 0 Å². The Kier molecular flexibility index (Phi) is 4.19. The molecule has 104 valence electrons. The molecular formula is C15H19BrO3. The lowest BCUT2D eigenvalue weighted by atomic mass is 9.86. The summed E-state index contributed by atoms with van der Waals surface area (Å²) >= 11 is 3.56. The van der Waals surface area contributed by atoms with E-state index in [4.69, 9.17) is 9.84 Å². The van der Waals surface area contributed by atoms with Crippen LogP contribution in [0.15, 0.2) is 10.5 Å². The molecule has 1 N–H and O–H groups in total. The van der Waals surface area contributed by atoms with Gasteiger partial charge in [-0.3, -0.25) is 4.79 Å². The van der Waals surface area contributed by atoms with Gasteiger partial charge in [0.15, 0.2) is 0 Å². The molecule has 1 fully saturated rings.